The van der Waals surface area contributed by atoms with E-state index in [9.17, 15) is 0 Å². The molecule has 0 amide bonds. The van der Waals surface area contributed by atoms with Crippen molar-refractivity contribution in [1.82, 2.24) is 15.1 Å². The molecule has 0 radical (unpaired) electrons. The van der Waals surface area contributed by atoms with Crippen molar-refractivity contribution in [2.24, 2.45) is 5.92 Å². The van der Waals surface area contributed by atoms with Crippen molar-refractivity contribution in [3.63, 3.8) is 0 Å². The fourth-order valence-corrected chi connectivity index (χ4v) is 1.38. The summed E-state index contributed by atoms with van der Waals surface area (Å²) in [5.41, 5.74) is 2.58. The van der Waals surface area contributed by atoms with Crippen LogP contribution in [0.1, 0.15) is 25.1 Å². The Kier molecular flexibility index (Phi) is 3.48. The molecular formula is C10H19N3. The second-order valence-corrected chi connectivity index (χ2v) is 3.86. The van der Waals surface area contributed by atoms with Crippen molar-refractivity contribution in [3.8, 4) is 0 Å². The van der Waals surface area contributed by atoms with E-state index in [4.69, 9.17) is 0 Å². The summed E-state index contributed by atoms with van der Waals surface area (Å²) in [6.07, 6.45) is 1.95. The number of nitrogens with one attached hydrogen (secondary N) is 1. The van der Waals surface area contributed by atoms with Crippen LogP contribution < -0.4 is 5.32 Å². The molecule has 1 N–H and O–H groups in total. The first kappa shape index (κ1) is 10.3. The fourth-order valence-electron chi connectivity index (χ4n) is 1.38. The zero-order valence-electron chi connectivity index (χ0n) is 8.96. The Balaban J connectivity index is 2.74. The topological polar surface area (TPSA) is 29.9 Å². The lowest BCUT2D eigenvalue weighted by Gasteiger charge is -2.07. The van der Waals surface area contributed by atoms with E-state index in [-0.39, 0.29) is 0 Å². The first-order valence-electron chi connectivity index (χ1n) is 4.81. The molecule has 1 aromatic rings. The van der Waals surface area contributed by atoms with Gasteiger partial charge < -0.3 is 5.32 Å². The minimum atomic E-state index is 0.654. The normalized spacial score (nSPS) is 11.2. The Morgan fingerprint density at radius 2 is 2.23 bits per heavy atom. The summed E-state index contributed by atoms with van der Waals surface area (Å²) < 4.78 is 2.08. The molecule has 0 saturated carbocycles. The van der Waals surface area contributed by atoms with Crippen LogP contribution in [-0.4, -0.2) is 16.8 Å². The Hall–Kier alpha value is -0.830. The predicted molar refractivity (Wildman–Crippen MR) is 54.6 cm³/mol. The fraction of sp³-hybridized carbons (Fsp3) is 0.700. The van der Waals surface area contributed by atoms with Gasteiger partial charge in [-0.15, -0.1) is 0 Å². The van der Waals surface area contributed by atoms with E-state index in [1.54, 1.807) is 0 Å². The van der Waals surface area contributed by atoms with Gasteiger partial charge in [-0.05, 0) is 19.9 Å². The SMILES string of the molecule is CNCc1cnn(CC(C)C)c1C. The van der Waals surface area contributed by atoms with Gasteiger partial charge in [-0.3, -0.25) is 4.68 Å². The van der Waals surface area contributed by atoms with Crippen molar-refractivity contribution < 1.29 is 0 Å². The Labute approximate surface area is 80.1 Å². The second-order valence-electron chi connectivity index (χ2n) is 3.86. The lowest BCUT2D eigenvalue weighted by molar-refractivity contribution is 0.474. The summed E-state index contributed by atoms with van der Waals surface area (Å²) in [5, 5.41) is 7.49. The third-order valence-corrected chi connectivity index (χ3v) is 2.11. The molecule has 0 aliphatic carbocycles. The predicted octanol–water partition coefficient (Wildman–Crippen LogP) is 1.57. The van der Waals surface area contributed by atoms with E-state index < -0.39 is 0 Å². The van der Waals surface area contributed by atoms with Crippen molar-refractivity contribution in [2.75, 3.05) is 7.05 Å². The van der Waals surface area contributed by atoms with Crippen LogP contribution in [0.3, 0.4) is 0 Å². The van der Waals surface area contributed by atoms with Crippen LogP contribution in [0.4, 0.5) is 0 Å². The number of rotatable bonds is 4. The summed E-state index contributed by atoms with van der Waals surface area (Å²) in [4.78, 5) is 0. The molecule has 0 aliphatic rings. The minimum Gasteiger partial charge on any atom is -0.316 e. The first-order chi connectivity index (χ1) is 6.15. The molecule has 13 heavy (non-hydrogen) atoms. The van der Waals surface area contributed by atoms with E-state index in [2.05, 4.69) is 35.9 Å². The quantitative estimate of drug-likeness (QED) is 0.764. The highest BCUT2D eigenvalue weighted by Crippen LogP contribution is 2.08. The molecule has 0 saturated heterocycles. The van der Waals surface area contributed by atoms with Crippen LogP contribution in [0.15, 0.2) is 6.20 Å². The summed E-state index contributed by atoms with van der Waals surface area (Å²) >= 11 is 0. The van der Waals surface area contributed by atoms with Gasteiger partial charge in [0.2, 0.25) is 0 Å². The molecule has 0 fully saturated rings. The maximum atomic E-state index is 4.35. The summed E-state index contributed by atoms with van der Waals surface area (Å²) in [6.45, 7) is 8.46. The van der Waals surface area contributed by atoms with E-state index in [0.29, 0.717) is 5.92 Å². The number of nitrogens with zero attached hydrogens (tertiary/aromatic N) is 2. The van der Waals surface area contributed by atoms with E-state index in [1.165, 1.54) is 11.3 Å². The molecule has 0 bridgehead atoms. The third kappa shape index (κ3) is 2.56. The standard InChI is InChI=1S/C10H19N3/c1-8(2)7-13-9(3)10(5-11-4)6-12-13/h6,8,11H,5,7H2,1-4H3. The molecule has 0 aromatic carbocycles. The maximum absolute atomic E-state index is 4.35. The maximum Gasteiger partial charge on any atom is 0.0537 e. The average molecular weight is 181 g/mol. The van der Waals surface area contributed by atoms with Gasteiger partial charge in [-0.2, -0.15) is 5.10 Å². The molecule has 0 atom stereocenters. The molecular weight excluding hydrogens is 162 g/mol. The number of hydrogen-bond donors (Lipinski definition) is 1. The van der Waals surface area contributed by atoms with Crippen LogP contribution in [0.25, 0.3) is 0 Å². The van der Waals surface area contributed by atoms with E-state index in [1.807, 2.05) is 13.2 Å². The van der Waals surface area contributed by atoms with Crippen LogP contribution in [-0.2, 0) is 13.1 Å². The van der Waals surface area contributed by atoms with Gasteiger partial charge in [0.25, 0.3) is 0 Å². The highest BCUT2D eigenvalue weighted by Gasteiger charge is 2.05. The Morgan fingerprint density at radius 1 is 1.54 bits per heavy atom. The van der Waals surface area contributed by atoms with Gasteiger partial charge in [-0.25, -0.2) is 0 Å². The van der Waals surface area contributed by atoms with Crippen molar-refractivity contribution in [2.45, 2.75) is 33.9 Å². The zero-order chi connectivity index (χ0) is 9.84. The van der Waals surface area contributed by atoms with E-state index >= 15 is 0 Å². The van der Waals surface area contributed by atoms with Gasteiger partial charge >= 0.3 is 0 Å². The largest absolute Gasteiger partial charge is 0.316 e. The van der Waals surface area contributed by atoms with Gasteiger partial charge in [0, 0.05) is 24.3 Å². The van der Waals surface area contributed by atoms with Crippen molar-refractivity contribution in [1.29, 1.82) is 0 Å². The van der Waals surface area contributed by atoms with Gasteiger partial charge in [0.15, 0.2) is 0 Å². The van der Waals surface area contributed by atoms with Gasteiger partial charge in [0.05, 0.1) is 6.20 Å². The molecule has 3 nitrogen and oxygen atoms in total. The highest BCUT2D eigenvalue weighted by molar-refractivity contribution is 5.15. The molecule has 0 aliphatic heterocycles. The lowest BCUT2D eigenvalue weighted by atomic mass is 10.2. The Morgan fingerprint density at radius 3 is 2.77 bits per heavy atom. The molecule has 1 heterocycles. The smallest absolute Gasteiger partial charge is 0.0537 e. The molecule has 0 unspecified atom stereocenters. The summed E-state index contributed by atoms with van der Waals surface area (Å²) in [7, 11) is 1.96. The van der Waals surface area contributed by atoms with Crippen molar-refractivity contribution >= 4 is 0 Å². The average Bonchev–Trinajstić information content (AvgIpc) is 2.36. The first-order valence-corrected chi connectivity index (χ1v) is 4.81. The second kappa shape index (κ2) is 4.42. The minimum absolute atomic E-state index is 0.654. The highest BCUT2D eigenvalue weighted by atomic mass is 15.3. The summed E-state index contributed by atoms with van der Waals surface area (Å²) in [6, 6.07) is 0. The van der Waals surface area contributed by atoms with Crippen LogP contribution in [0.5, 0.6) is 0 Å². The number of aromatic nitrogens is 2. The van der Waals surface area contributed by atoms with Crippen molar-refractivity contribution in [3.05, 3.63) is 17.5 Å². The molecule has 0 spiro atoms. The van der Waals surface area contributed by atoms with E-state index in [0.717, 1.165) is 13.1 Å². The van der Waals surface area contributed by atoms with Crippen LogP contribution in [0, 0.1) is 12.8 Å². The molecule has 3 heteroatoms. The van der Waals surface area contributed by atoms with Crippen LogP contribution >= 0.6 is 0 Å². The number of hydrogen-bond acceptors (Lipinski definition) is 2. The molecule has 1 aromatic heterocycles. The summed E-state index contributed by atoms with van der Waals surface area (Å²) in [5.74, 6) is 0.654. The van der Waals surface area contributed by atoms with Gasteiger partial charge in [0.1, 0.15) is 0 Å². The molecule has 1 rings (SSSR count). The third-order valence-electron chi connectivity index (χ3n) is 2.11. The monoisotopic (exact) mass is 181 g/mol. The van der Waals surface area contributed by atoms with Crippen LogP contribution in [0.2, 0.25) is 0 Å². The Bertz CT molecular complexity index is 263. The zero-order valence-corrected chi connectivity index (χ0v) is 8.96. The lowest BCUT2D eigenvalue weighted by Crippen LogP contribution is -2.10. The molecule has 74 valence electrons. The van der Waals surface area contributed by atoms with Gasteiger partial charge in [-0.1, -0.05) is 13.8 Å².